The van der Waals surface area contributed by atoms with Gasteiger partial charge in [0.05, 0.1) is 67.6 Å². The van der Waals surface area contributed by atoms with Crippen LogP contribution in [0.15, 0.2) is 474 Å². The molecule has 0 fully saturated rings. The highest BCUT2D eigenvalue weighted by Crippen LogP contribution is 2.46. The lowest BCUT2D eigenvalue weighted by Crippen LogP contribution is -2.01. The van der Waals surface area contributed by atoms with Crippen molar-refractivity contribution in [2.75, 3.05) is 0 Å². The first-order chi connectivity index (χ1) is 70.2. The first kappa shape index (κ1) is 81.3. The van der Waals surface area contributed by atoms with Gasteiger partial charge in [-0.05, 0) is 297 Å². The summed E-state index contributed by atoms with van der Waals surface area (Å²) in [5.74, 6) is 0. The van der Waals surface area contributed by atoms with Crippen molar-refractivity contribution in [1.29, 1.82) is 0 Å². The van der Waals surface area contributed by atoms with Crippen molar-refractivity contribution >= 4 is 175 Å². The minimum Gasteiger partial charge on any atom is -0.456 e. The molecule has 0 aliphatic rings. The van der Waals surface area contributed by atoms with Crippen LogP contribution in [0.1, 0.15) is 11.1 Å². The standard InChI is InChI=1S/C48H32N4O.C47H28N2O2.C34H21N3O/c1-29-23-32(31-19-20-45-39(27-31)36-11-5-8-18-44(36)53-45)24-30(2)46(29)33-25-34(51-40-14-6-3-12-37(40)47-42(51)16-9-21-49-47)28-35(26-33)52-41-15-7-4-13-38(41)48-43(52)17-10-22-50-48;1-4-13-42-36(10-1)37-20-21-48-28-43(37)49(42)35-24-33(23-34(25-35)32-17-19-47-41(27-32)39-12-3-6-15-45(39)51-47)30-9-7-8-29(22-30)31-16-18-46-40(26-31)38-11-2-5-14-44(38)50-46;1-2-10-33-28(9-1)29-19-25(11-12-34(29)38-33)23-6-3-5-22(17-23)24-7-4-8-26(18-24)37-31-14-16-35-20-30(31)27-13-15-36-21-32(27)37/h3-28H,1-2H3;1-28H;1-21H. The molecule has 0 aliphatic heterocycles. The van der Waals surface area contributed by atoms with Crippen LogP contribution in [0.4, 0.5) is 0 Å². The van der Waals surface area contributed by atoms with E-state index in [1.54, 1.807) is 0 Å². The lowest BCUT2D eigenvalue weighted by molar-refractivity contribution is 0.668. The molecule has 142 heavy (non-hydrogen) atoms. The van der Waals surface area contributed by atoms with E-state index in [1.807, 2.05) is 110 Å². The van der Waals surface area contributed by atoms with E-state index in [1.165, 1.54) is 55.3 Å². The van der Waals surface area contributed by atoms with Gasteiger partial charge in [0, 0.05) is 135 Å². The Balaban J connectivity index is 0.000000106. The van der Waals surface area contributed by atoms with Crippen molar-refractivity contribution in [3.63, 3.8) is 0 Å². The molecular weight excluding hydrogens is 1740 g/mol. The van der Waals surface area contributed by atoms with Gasteiger partial charge < -0.3 is 35.9 Å². The number of nitrogens with zero attached hydrogens (tertiary/aromatic N) is 9. The van der Waals surface area contributed by atoms with Crippen LogP contribution in [0, 0.1) is 13.8 Å². The third-order valence-electron chi connectivity index (χ3n) is 28.5. The second kappa shape index (κ2) is 32.8. The zero-order chi connectivity index (χ0) is 93.7. The summed E-state index contributed by atoms with van der Waals surface area (Å²) in [6, 6.07) is 144. The lowest BCUT2D eigenvalue weighted by atomic mass is 9.90. The Kier molecular flexibility index (Phi) is 18.8. The predicted molar refractivity (Wildman–Crippen MR) is 582 cm³/mol. The van der Waals surface area contributed by atoms with Crippen molar-refractivity contribution in [2.24, 2.45) is 0 Å². The quantitative estimate of drug-likeness (QED) is 0.124. The molecule has 0 amide bonds. The van der Waals surface area contributed by atoms with Crippen LogP contribution in [-0.2, 0) is 0 Å². The normalized spacial score (nSPS) is 11.9. The van der Waals surface area contributed by atoms with Crippen LogP contribution >= 0.6 is 0 Å². The molecule has 0 saturated carbocycles. The number of furan rings is 4. The topological polar surface area (TPSA) is 137 Å². The zero-order valence-corrected chi connectivity index (χ0v) is 77.0. The van der Waals surface area contributed by atoms with E-state index in [4.69, 9.17) is 27.6 Å². The SMILES string of the molecule is Cc1cc(-c2ccc3oc4ccccc4c3c2)cc(C)c1-c1cc(-n2c3ccccc3c3ncccc32)cc(-n2c3ccccc3c3ncccc32)c1.c1cc(-c2cc(-c3ccc4oc5ccccc5c4c3)cc(-n3c4ccccc4c4ccncc43)c2)cc(-c2ccc3oc4ccccc4c3c2)c1.c1cc(-c2cccc(-n3c4ccncc4c4ccncc43)c2)cc(-c2ccc3oc4ccccc4c3c2)c1. The van der Waals surface area contributed by atoms with Gasteiger partial charge in [0.1, 0.15) is 44.7 Å². The third kappa shape index (κ3) is 13.5. The summed E-state index contributed by atoms with van der Waals surface area (Å²) in [6.45, 7) is 4.47. The van der Waals surface area contributed by atoms with Gasteiger partial charge in [0.15, 0.2) is 0 Å². The second-order valence-corrected chi connectivity index (χ2v) is 36.8. The molecule has 0 unspecified atom stereocenters. The molecule has 0 radical (unpaired) electrons. The molecule has 0 atom stereocenters. The van der Waals surface area contributed by atoms with Gasteiger partial charge in [-0.3, -0.25) is 24.9 Å². The summed E-state index contributed by atoms with van der Waals surface area (Å²) in [5.41, 5.74) is 41.0. The van der Waals surface area contributed by atoms with Gasteiger partial charge >= 0.3 is 0 Å². The highest BCUT2D eigenvalue weighted by Gasteiger charge is 2.25. The fraction of sp³-hybridized carbons (Fsp3) is 0.0155. The lowest BCUT2D eigenvalue weighted by Gasteiger charge is -2.18. The van der Waals surface area contributed by atoms with Crippen molar-refractivity contribution in [3.05, 3.63) is 467 Å². The van der Waals surface area contributed by atoms with Crippen LogP contribution in [0.3, 0.4) is 0 Å². The van der Waals surface area contributed by atoms with Gasteiger partial charge in [-0.25, -0.2) is 0 Å². The number of pyridine rings is 5. The largest absolute Gasteiger partial charge is 0.456 e. The Hall–Kier alpha value is -19.1. The number of fused-ring (bicyclic) bond motifs is 24. The fourth-order valence-corrected chi connectivity index (χ4v) is 22.1. The smallest absolute Gasteiger partial charge is 0.135 e. The predicted octanol–water partition coefficient (Wildman–Crippen LogP) is 34.3. The molecule has 13 aromatic heterocycles. The van der Waals surface area contributed by atoms with Gasteiger partial charge in [-0.15, -0.1) is 0 Å². The van der Waals surface area contributed by atoms with E-state index in [9.17, 15) is 0 Å². The molecule has 0 bridgehead atoms. The van der Waals surface area contributed by atoms with E-state index in [-0.39, 0.29) is 0 Å². The van der Waals surface area contributed by atoms with Crippen LogP contribution < -0.4 is 0 Å². The molecule has 13 heteroatoms. The fourth-order valence-electron chi connectivity index (χ4n) is 22.1. The Morgan fingerprint density at radius 2 is 0.465 bits per heavy atom. The van der Waals surface area contributed by atoms with E-state index in [0.29, 0.717) is 0 Å². The van der Waals surface area contributed by atoms with Gasteiger partial charge in [-0.1, -0.05) is 212 Å². The highest BCUT2D eigenvalue weighted by molar-refractivity contribution is 6.15. The van der Waals surface area contributed by atoms with Crippen molar-refractivity contribution in [1.82, 2.24) is 43.2 Å². The van der Waals surface area contributed by atoms with Crippen LogP contribution in [0.5, 0.6) is 0 Å². The summed E-state index contributed by atoms with van der Waals surface area (Å²) in [5, 5.41) is 16.0. The molecule has 666 valence electrons. The minimum atomic E-state index is 0.889. The van der Waals surface area contributed by atoms with E-state index in [0.717, 1.165) is 232 Å². The Labute approximate surface area is 812 Å². The monoisotopic (exact) mass is 1820 g/mol. The maximum Gasteiger partial charge on any atom is 0.135 e. The molecule has 13 nitrogen and oxygen atoms in total. The van der Waals surface area contributed by atoms with Gasteiger partial charge in [0.25, 0.3) is 0 Å². The van der Waals surface area contributed by atoms with E-state index < -0.39 is 0 Å². The number of benzene rings is 17. The van der Waals surface area contributed by atoms with Crippen LogP contribution in [0.25, 0.3) is 276 Å². The number of rotatable bonds is 11. The maximum atomic E-state index is 6.20. The number of aryl methyl sites for hydroxylation is 2. The summed E-state index contributed by atoms with van der Waals surface area (Å²) >= 11 is 0. The number of hydrogen-bond donors (Lipinski definition) is 0. The average molecular weight is 1820 g/mol. The molecule has 30 rings (SSSR count). The highest BCUT2D eigenvalue weighted by atomic mass is 16.3. The maximum absolute atomic E-state index is 6.20. The number of hydrogen-bond acceptors (Lipinski definition) is 9. The first-order valence-corrected chi connectivity index (χ1v) is 47.8. The molecule has 0 N–H and O–H groups in total. The van der Waals surface area contributed by atoms with Gasteiger partial charge in [0.2, 0.25) is 0 Å². The molecule has 17 aromatic carbocycles. The minimum absolute atomic E-state index is 0.889. The molecular formula is C129H81N9O4. The van der Waals surface area contributed by atoms with Crippen LogP contribution in [0.2, 0.25) is 0 Å². The summed E-state index contributed by atoms with van der Waals surface area (Å²) < 4.78 is 33.9. The molecule has 0 aliphatic carbocycles. The van der Waals surface area contributed by atoms with Crippen LogP contribution in [-0.4, -0.2) is 43.2 Å². The Bertz CT molecular complexity index is 10100. The van der Waals surface area contributed by atoms with Crippen molar-refractivity contribution in [3.8, 4) is 101 Å². The Morgan fingerprint density at radius 3 is 0.930 bits per heavy atom. The third-order valence-corrected chi connectivity index (χ3v) is 28.5. The summed E-state index contributed by atoms with van der Waals surface area (Å²) in [7, 11) is 0. The number of para-hydroxylation sites is 7. The molecule has 0 spiro atoms. The first-order valence-electron chi connectivity index (χ1n) is 47.8. The zero-order valence-electron chi connectivity index (χ0n) is 77.0. The van der Waals surface area contributed by atoms with Gasteiger partial charge in [-0.2, -0.15) is 0 Å². The molecule has 30 aromatic rings. The van der Waals surface area contributed by atoms with Crippen molar-refractivity contribution < 1.29 is 17.7 Å². The average Bonchev–Trinajstić information content (AvgIpc) is 1.58. The van der Waals surface area contributed by atoms with E-state index in [2.05, 4.69) is 393 Å². The second-order valence-electron chi connectivity index (χ2n) is 36.8. The summed E-state index contributed by atoms with van der Waals surface area (Å²) in [6.07, 6.45) is 15.2. The number of aromatic nitrogens is 9. The Morgan fingerprint density at radius 1 is 0.169 bits per heavy atom. The molecule has 0 saturated heterocycles. The van der Waals surface area contributed by atoms with Crippen molar-refractivity contribution in [2.45, 2.75) is 13.8 Å². The van der Waals surface area contributed by atoms with E-state index >= 15 is 0 Å². The molecule has 13 heterocycles. The summed E-state index contributed by atoms with van der Waals surface area (Å²) in [4.78, 5) is 23.0.